The molecule has 3 aromatic carbocycles. The van der Waals surface area contributed by atoms with Gasteiger partial charge in [0, 0.05) is 5.56 Å². The topological polar surface area (TPSA) is 0 Å². The first-order valence-corrected chi connectivity index (χ1v) is 11.0. The van der Waals surface area contributed by atoms with E-state index in [0.29, 0.717) is 18.4 Å². The number of rotatable bonds is 4. The molecule has 4 heteroatoms. The molecule has 0 spiro atoms. The monoisotopic (exact) mass is 436 g/mol. The third-order valence-electron chi connectivity index (χ3n) is 6.10. The van der Waals surface area contributed by atoms with Gasteiger partial charge in [-0.05, 0) is 96.7 Å². The normalized spacial score (nSPS) is 15.1. The minimum absolute atomic E-state index is 0.0150. The zero-order chi connectivity index (χ0) is 22.7. The lowest BCUT2D eigenvalue weighted by molar-refractivity contribution is 0.508. The molecular weight excluding hydrogens is 412 g/mol. The van der Waals surface area contributed by atoms with Gasteiger partial charge in [0.2, 0.25) is 0 Å². The lowest BCUT2D eigenvalue weighted by atomic mass is 9.79. The van der Waals surface area contributed by atoms with Crippen molar-refractivity contribution in [2.45, 2.75) is 51.4 Å². The van der Waals surface area contributed by atoms with Gasteiger partial charge in [0.05, 0.1) is 5.56 Å². The van der Waals surface area contributed by atoms with Crippen LogP contribution in [0.4, 0.5) is 17.6 Å². The van der Waals surface area contributed by atoms with Crippen molar-refractivity contribution >= 4 is 0 Å². The molecule has 0 nitrogen and oxygen atoms in total. The quantitative estimate of drug-likeness (QED) is 0.298. The minimum atomic E-state index is -0.987. The van der Waals surface area contributed by atoms with Crippen LogP contribution in [0.15, 0.2) is 48.5 Å². The molecule has 0 fully saturated rings. The first kappa shape index (κ1) is 22.1. The summed E-state index contributed by atoms with van der Waals surface area (Å²) in [6.07, 6.45) is 5.05. The third kappa shape index (κ3) is 4.88. The van der Waals surface area contributed by atoms with E-state index in [9.17, 15) is 17.6 Å². The number of halogens is 4. The van der Waals surface area contributed by atoms with Crippen molar-refractivity contribution in [3.63, 3.8) is 0 Å². The summed E-state index contributed by atoms with van der Waals surface area (Å²) in [5, 5.41) is 0. The molecule has 0 heterocycles. The van der Waals surface area contributed by atoms with E-state index >= 15 is 0 Å². The van der Waals surface area contributed by atoms with Crippen molar-refractivity contribution in [3.8, 4) is 11.8 Å². The highest BCUT2D eigenvalue weighted by molar-refractivity contribution is 5.48. The number of benzene rings is 3. The number of hydrogen-bond acceptors (Lipinski definition) is 0. The summed E-state index contributed by atoms with van der Waals surface area (Å²) < 4.78 is 55.9. The van der Waals surface area contributed by atoms with E-state index in [1.54, 1.807) is 12.1 Å². The maximum absolute atomic E-state index is 14.8. The number of hydrogen-bond donors (Lipinski definition) is 0. The smallest absolute Gasteiger partial charge is 0.160 e. The minimum Gasteiger partial charge on any atom is -0.207 e. The highest BCUT2D eigenvalue weighted by Crippen LogP contribution is 2.35. The molecule has 0 radical (unpaired) electrons. The molecule has 0 amide bonds. The molecule has 0 saturated heterocycles. The van der Waals surface area contributed by atoms with E-state index in [0.717, 1.165) is 54.5 Å². The van der Waals surface area contributed by atoms with E-state index in [-0.39, 0.29) is 22.9 Å². The van der Waals surface area contributed by atoms with Gasteiger partial charge in [-0.25, -0.2) is 17.6 Å². The predicted octanol–water partition coefficient (Wildman–Crippen LogP) is 7.26. The Morgan fingerprint density at radius 1 is 0.812 bits per heavy atom. The van der Waals surface area contributed by atoms with Crippen molar-refractivity contribution < 1.29 is 17.6 Å². The fourth-order valence-corrected chi connectivity index (χ4v) is 4.29. The maximum Gasteiger partial charge on any atom is 0.160 e. The highest BCUT2D eigenvalue weighted by Gasteiger charge is 2.24. The molecule has 1 atom stereocenters. The Labute approximate surface area is 186 Å². The van der Waals surface area contributed by atoms with Gasteiger partial charge in [-0.15, -0.1) is 0 Å². The molecule has 0 N–H and O–H groups in total. The molecule has 1 aliphatic carbocycles. The highest BCUT2D eigenvalue weighted by atomic mass is 19.2. The van der Waals surface area contributed by atoms with Crippen LogP contribution in [-0.4, -0.2) is 0 Å². The Balaban J connectivity index is 1.54. The van der Waals surface area contributed by atoms with Crippen LogP contribution < -0.4 is 0 Å². The Bertz CT molecular complexity index is 1200. The molecular formula is C28H24F4. The summed E-state index contributed by atoms with van der Waals surface area (Å²) in [6.45, 7) is 2.11. The first-order chi connectivity index (χ1) is 15.4. The average molecular weight is 436 g/mol. The third-order valence-corrected chi connectivity index (χ3v) is 6.10. The molecule has 164 valence electrons. The molecule has 0 aromatic heterocycles. The van der Waals surface area contributed by atoms with E-state index in [1.165, 1.54) is 12.1 Å². The molecule has 3 aromatic rings. The number of unbranched alkanes of at least 4 members (excludes halogenated alkanes) is 1. The largest absolute Gasteiger partial charge is 0.207 e. The van der Waals surface area contributed by atoms with Crippen molar-refractivity contribution in [2.75, 3.05) is 0 Å². The van der Waals surface area contributed by atoms with Crippen molar-refractivity contribution in [1.82, 2.24) is 0 Å². The van der Waals surface area contributed by atoms with E-state index in [2.05, 4.69) is 18.8 Å². The van der Waals surface area contributed by atoms with E-state index in [1.807, 2.05) is 12.1 Å². The van der Waals surface area contributed by atoms with Gasteiger partial charge in [-0.2, -0.15) is 0 Å². The molecule has 0 aliphatic heterocycles. The molecule has 1 aliphatic rings. The molecule has 1 unspecified atom stereocenters. The zero-order valence-corrected chi connectivity index (χ0v) is 18.0. The van der Waals surface area contributed by atoms with Crippen molar-refractivity contribution in [2.24, 2.45) is 0 Å². The van der Waals surface area contributed by atoms with Gasteiger partial charge in [0.1, 0.15) is 11.6 Å². The fraction of sp³-hybridized carbons (Fsp3) is 0.286. The van der Waals surface area contributed by atoms with Crippen LogP contribution in [0.3, 0.4) is 0 Å². The zero-order valence-electron chi connectivity index (χ0n) is 18.0. The summed E-state index contributed by atoms with van der Waals surface area (Å²) in [5.74, 6) is 2.86. The summed E-state index contributed by atoms with van der Waals surface area (Å²) in [5.41, 5.74) is 4.07. The van der Waals surface area contributed by atoms with E-state index in [4.69, 9.17) is 0 Å². The van der Waals surface area contributed by atoms with Gasteiger partial charge in [-0.1, -0.05) is 37.3 Å². The Morgan fingerprint density at radius 2 is 1.66 bits per heavy atom. The lowest BCUT2D eigenvalue weighted by Crippen LogP contribution is -2.15. The molecule has 0 saturated carbocycles. The SMILES string of the molecule is CCCCc1ccc(C2CCc3cc(C#Cc4ccc(F)c(F)c4)c(F)cc3C2)c(F)c1. The summed E-state index contributed by atoms with van der Waals surface area (Å²) in [4.78, 5) is 0. The first-order valence-electron chi connectivity index (χ1n) is 11.0. The summed E-state index contributed by atoms with van der Waals surface area (Å²) in [7, 11) is 0. The molecule has 4 rings (SSSR count). The van der Waals surface area contributed by atoms with Crippen LogP contribution in [-0.2, 0) is 19.3 Å². The second-order valence-corrected chi connectivity index (χ2v) is 8.38. The lowest BCUT2D eigenvalue weighted by Gasteiger charge is -2.26. The maximum atomic E-state index is 14.8. The van der Waals surface area contributed by atoms with Crippen molar-refractivity contribution in [1.29, 1.82) is 0 Å². The standard InChI is InChI=1S/C28H24F4/c1-2-3-4-18-6-11-24(27(31)13-18)21-10-9-20-15-22(26(30)17-23(20)16-21)8-5-19-7-12-25(29)28(32)14-19/h6-7,11-15,17,21H,2-4,9-10,16H2,1H3. The second kappa shape index (κ2) is 9.61. The van der Waals surface area contributed by atoms with Crippen LogP contribution in [0.25, 0.3) is 0 Å². The second-order valence-electron chi connectivity index (χ2n) is 8.38. The number of aryl methyl sites for hydroxylation is 2. The van der Waals surface area contributed by atoms with Crippen LogP contribution in [0.2, 0.25) is 0 Å². The van der Waals surface area contributed by atoms with Crippen LogP contribution in [0.1, 0.15) is 65.5 Å². The Morgan fingerprint density at radius 3 is 2.41 bits per heavy atom. The fourth-order valence-electron chi connectivity index (χ4n) is 4.29. The van der Waals surface area contributed by atoms with Crippen LogP contribution in [0.5, 0.6) is 0 Å². The Hall–Kier alpha value is -3.06. The molecule has 32 heavy (non-hydrogen) atoms. The summed E-state index contributed by atoms with van der Waals surface area (Å²) >= 11 is 0. The van der Waals surface area contributed by atoms with E-state index < -0.39 is 17.5 Å². The predicted molar refractivity (Wildman–Crippen MR) is 119 cm³/mol. The van der Waals surface area contributed by atoms with Gasteiger partial charge in [-0.3, -0.25) is 0 Å². The van der Waals surface area contributed by atoms with Gasteiger partial charge in [0.15, 0.2) is 11.6 Å². The average Bonchev–Trinajstić information content (AvgIpc) is 2.78. The van der Waals surface area contributed by atoms with Gasteiger partial charge < -0.3 is 0 Å². The Kier molecular flexibility index (Phi) is 6.65. The van der Waals surface area contributed by atoms with Gasteiger partial charge in [0.25, 0.3) is 0 Å². The van der Waals surface area contributed by atoms with Crippen LogP contribution >= 0.6 is 0 Å². The molecule has 0 bridgehead atoms. The van der Waals surface area contributed by atoms with Gasteiger partial charge >= 0.3 is 0 Å². The summed E-state index contributed by atoms with van der Waals surface area (Å²) in [6, 6.07) is 12.1. The van der Waals surface area contributed by atoms with Crippen LogP contribution in [0, 0.1) is 35.1 Å². The number of fused-ring (bicyclic) bond motifs is 1. The van der Waals surface area contributed by atoms with Crippen molar-refractivity contribution in [3.05, 3.63) is 105 Å².